The van der Waals surface area contributed by atoms with Crippen LogP contribution in [-0.4, -0.2) is 17.1 Å². The molecular weight excluding hydrogens is 245 g/mol. The molecule has 0 aliphatic heterocycles. The van der Waals surface area contributed by atoms with Crippen molar-refractivity contribution in [2.45, 2.75) is 39.2 Å². The Morgan fingerprint density at radius 1 is 1.32 bits per heavy atom. The van der Waals surface area contributed by atoms with Gasteiger partial charge in [-0.05, 0) is 42.9 Å². The molecule has 3 atom stereocenters. The van der Waals surface area contributed by atoms with Crippen molar-refractivity contribution in [1.29, 1.82) is 0 Å². The van der Waals surface area contributed by atoms with Crippen LogP contribution in [0.3, 0.4) is 0 Å². The fraction of sp³-hybridized carbons (Fsp3) is 0.533. The number of carbonyl (C=O) groups is 1. The lowest BCUT2D eigenvalue weighted by Crippen LogP contribution is -2.35. The molecule has 0 aliphatic carbocycles. The highest BCUT2D eigenvalue weighted by atomic mass is 19.1. The zero-order valence-corrected chi connectivity index (χ0v) is 11.5. The Labute approximate surface area is 113 Å². The highest BCUT2D eigenvalue weighted by molar-refractivity contribution is 5.70. The Kier molecular flexibility index (Phi) is 5.96. The van der Waals surface area contributed by atoms with Crippen LogP contribution in [0.15, 0.2) is 24.3 Å². The normalized spacial score (nSPS) is 15.8. The molecule has 3 nitrogen and oxygen atoms in total. The van der Waals surface area contributed by atoms with Crippen molar-refractivity contribution in [3.63, 3.8) is 0 Å². The van der Waals surface area contributed by atoms with Crippen molar-refractivity contribution in [3.05, 3.63) is 35.6 Å². The number of hydrogen-bond donors (Lipinski definition) is 2. The van der Waals surface area contributed by atoms with Gasteiger partial charge >= 0.3 is 5.97 Å². The predicted molar refractivity (Wildman–Crippen MR) is 73.3 cm³/mol. The topological polar surface area (TPSA) is 63.3 Å². The van der Waals surface area contributed by atoms with Gasteiger partial charge < -0.3 is 10.8 Å². The summed E-state index contributed by atoms with van der Waals surface area (Å²) in [5.74, 6) is -1.25. The number of nitrogens with two attached hydrogens (primary N) is 1. The van der Waals surface area contributed by atoms with E-state index in [0.717, 1.165) is 18.4 Å². The molecule has 0 aromatic heterocycles. The predicted octanol–water partition coefficient (Wildman–Crippen LogP) is 2.83. The number of hydrogen-bond acceptors (Lipinski definition) is 2. The smallest absolute Gasteiger partial charge is 0.307 e. The molecule has 106 valence electrons. The van der Waals surface area contributed by atoms with E-state index < -0.39 is 11.9 Å². The Morgan fingerprint density at radius 2 is 1.89 bits per heavy atom. The second-order valence-electron chi connectivity index (χ2n) is 5.30. The zero-order valence-electron chi connectivity index (χ0n) is 11.5. The second kappa shape index (κ2) is 7.24. The van der Waals surface area contributed by atoms with Gasteiger partial charge in [0.15, 0.2) is 0 Å². The molecule has 0 fully saturated rings. The number of rotatable bonds is 7. The van der Waals surface area contributed by atoms with E-state index in [1.54, 1.807) is 19.1 Å². The maximum atomic E-state index is 12.7. The van der Waals surface area contributed by atoms with E-state index in [-0.39, 0.29) is 11.9 Å². The zero-order chi connectivity index (χ0) is 14.4. The maximum absolute atomic E-state index is 12.7. The quantitative estimate of drug-likeness (QED) is 0.798. The van der Waals surface area contributed by atoms with Gasteiger partial charge in [0.1, 0.15) is 5.82 Å². The Bertz CT molecular complexity index is 405. The largest absolute Gasteiger partial charge is 0.481 e. The summed E-state index contributed by atoms with van der Waals surface area (Å²) in [6, 6.07) is 6.15. The molecule has 0 heterocycles. The van der Waals surface area contributed by atoms with Crippen molar-refractivity contribution in [2.24, 2.45) is 17.6 Å². The Balaban J connectivity index is 2.37. The molecule has 1 aromatic carbocycles. The highest BCUT2D eigenvalue weighted by Gasteiger charge is 2.21. The molecule has 0 saturated carbocycles. The minimum Gasteiger partial charge on any atom is -0.481 e. The number of aryl methyl sites for hydroxylation is 1. The van der Waals surface area contributed by atoms with Crippen LogP contribution in [0.4, 0.5) is 4.39 Å². The third kappa shape index (κ3) is 5.39. The van der Waals surface area contributed by atoms with Gasteiger partial charge in [-0.3, -0.25) is 4.79 Å². The molecule has 0 radical (unpaired) electrons. The molecule has 0 saturated heterocycles. The van der Waals surface area contributed by atoms with E-state index >= 15 is 0 Å². The van der Waals surface area contributed by atoms with Crippen LogP contribution in [0.5, 0.6) is 0 Å². The first kappa shape index (κ1) is 15.6. The average Bonchev–Trinajstić information content (AvgIpc) is 2.37. The summed E-state index contributed by atoms with van der Waals surface area (Å²) in [6.07, 6.45) is 2.47. The van der Waals surface area contributed by atoms with Crippen LogP contribution in [0.2, 0.25) is 0 Å². The summed E-state index contributed by atoms with van der Waals surface area (Å²) < 4.78 is 12.7. The van der Waals surface area contributed by atoms with Crippen molar-refractivity contribution in [1.82, 2.24) is 0 Å². The minimum atomic E-state index is -0.849. The van der Waals surface area contributed by atoms with Crippen LogP contribution in [0.1, 0.15) is 32.3 Å². The van der Waals surface area contributed by atoms with Gasteiger partial charge in [0.2, 0.25) is 0 Å². The van der Waals surface area contributed by atoms with Crippen LogP contribution in [0, 0.1) is 17.7 Å². The molecule has 0 aliphatic rings. The van der Waals surface area contributed by atoms with E-state index in [1.807, 2.05) is 0 Å². The molecule has 0 spiro atoms. The van der Waals surface area contributed by atoms with Gasteiger partial charge in [-0.1, -0.05) is 26.0 Å². The average molecular weight is 267 g/mol. The first-order chi connectivity index (χ1) is 8.90. The van der Waals surface area contributed by atoms with Crippen LogP contribution >= 0.6 is 0 Å². The van der Waals surface area contributed by atoms with E-state index in [0.29, 0.717) is 12.3 Å². The standard InChI is InChI=1S/C15H22FNO2/c1-10(9-14(17)11(2)15(18)19)3-4-12-5-7-13(16)8-6-12/h5-8,10-11,14H,3-4,9,17H2,1-2H3,(H,18,19). The van der Waals surface area contributed by atoms with Crippen LogP contribution in [-0.2, 0) is 11.2 Å². The summed E-state index contributed by atoms with van der Waals surface area (Å²) in [5, 5.41) is 8.88. The van der Waals surface area contributed by atoms with Crippen LogP contribution < -0.4 is 5.73 Å². The van der Waals surface area contributed by atoms with Gasteiger partial charge in [0, 0.05) is 6.04 Å². The third-order valence-corrected chi connectivity index (χ3v) is 3.55. The number of carboxylic acids is 1. The number of carboxylic acid groups (broad SMARTS) is 1. The minimum absolute atomic E-state index is 0.228. The fourth-order valence-corrected chi connectivity index (χ4v) is 2.03. The van der Waals surface area contributed by atoms with E-state index in [4.69, 9.17) is 10.8 Å². The first-order valence-electron chi connectivity index (χ1n) is 6.63. The van der Waals surface area contributed by atoms with E-state index in [1.165, 1.54) is 12.1 Å². The number of aliphatic carboxylic acids is 1. The molecule has 4 heteroatoms. The third-order valence-electron chi connectivity index (χ3n) is 3.55. The maximum Gasteiger partial charge on any atom is 0.307 e. The SMILES string of the molecule is CC(CCc1ccc(F)cc1)CC(N)C(C)C(=O)O. The van der Waals surface area contributed by atoms with Gasteiger partial charge in [-0.15, -0.1) is 0 Å². The second-order valence-corrected chi connectivity index (χ2v) is 5.30. The van der Waals surface area contributed by atoms with Crippen molar-refractivity contribution in [2.75, 3.05) is 0 Å². The van der Waals surface area contributed by atoms with Crippen molar-refractivity contribution in [3.8, 4) is 0 Å². The monoisotopic (exact) mass is 267 g/mol. The number of benzene rings is 1. The van der Waals surface area contributed by atoms with Crippen molar-refractivity contribution < 1.29 is 14.3 Å². The van der Waals surface area contributed by atoms with Crippen molar-refractivity contribution >= 4 is 5.97 Å². The summed E-state index contributed by atoms with van der Waals surface area (Å²) >= 11 is 0. The summed E-state index contributed by atoms with van der Waals surface area (Å²) in [7, 11) is 0. The molecular formula is C15H22FNO2. The molecule has 0 bridgehead atoms. The van der Waals surface area contributed by atoms with Gasteiger partial charge in [-0.2, -0.15) is 0 Å². The molecule has 19 heavy (non-hydrogen) atoms. The van der Waals surface area contributed by atoms with Gasteiger partial charge in [0.05, 0.1) is 5.92 Å². The van der Waals surface area contributed by atoms with E-state index in [9.17, 15) is 9.18 Å². The highest BCUT2D eigenvalue weighted by Crippen LogP contribution is 2.17. The summed E-state index contributed by atoms with van der Waals surface area (Å²) in [6.45, 7) is 3.71. The molecule has 3 N–H and O–H groups in total. The summed E-state index contributed by atoms with van der Waals surface area (Å²) in [4.78, 5) is 10.8. The molecule has 0 amide bonds. The fourth-order valence-electron chi connectivity index (χ4n) is 2.03. The number of halogens is 1. The van der Waals surface area contributed by atoms with Crippen LogP contribution in [0.25, 0.3) is 0 Å². The Morgan fingerprint density at radius 3 is 2.42 bits per heavy atom. The van der Waals surface area contributed by atoms with E-state index in [2.05, 4.69) is 6.92 Å². The summed E-state index contributed by atoms with van der Waals surface area (Å²) in [5.41, 5.74) is 6.97. The lowest BCUT2D eigenvalue weighted by molar-refractivity contribution is -0.141. The molecule has 1 rings (SSSR count). The van der Waals surface area contributed by atoms with Gasteiger partial charge in [-0.25, -0.2) is 4.39 Å². The Hall–Kier alpha value is -1.42. The van der Waals surface area contributed by atoms with Gasteiger partial charge in [0.25, 0.3) is 0 Å². The lowest BCUT2D eigenvalue weighted by Gasteiger charge is -2.20. The molecule has 1 aromatic rings. The first-order valence-corrected chi connectivity index (χ1v) is 6.63. The molecule has 3 unspecified atom stereocenters. The lowest BCUT2D eigenvalue weighted by atomic mass is 9.90.